The molecule has 0 fully saturated rings. The third-order valence-electron chi connectivity index (χ3n) is 2.39. The zero-order valence-electron chi connectivity index (χ0n) is 9.51. The van der Waals surface area contributed by atoms with Gasteiger partial charge in [0.2, 0.25) is 0 Å². The summed E-state index contributed by atoms with van der Waals surface area (Å²) >= 11 is 3.34. The monoisotopic (exact) mass is 297 g/mol. The molecule has 2 aromatic heterocycles. The van der Waals surface area contributed by atoms with Crippen LogP contribution < -0.4 is 0 Å². The SMILES string of the molecule is CN(Cc1ncn[nH]1)C(=O)c1cc(Br)cn1C. The van der Waals surface area contributed by atoms with Crippen molar-refractivity contribution >= 4 is 21.8 Å². The Balaban J connectivity index is 2.12. The minimum atomic E-state index is -0.0606. The largest absolute Gasteiger partial charge is 0.345 e. The first kappa shape index (κ1) is 11.8. The van der Waals surface area contributed by atoms with Crippen molar-refractivity contribution in [3.05, 3.63) is 34.6 Å². The third kappa shape index (κ3) is 2.55. The van der Waals surface area contributed by atoms with Crippen molar-refractivity contribution in [2.45, 2.75) is 6.54 Å². The minimum Gasteiger partial charge on any atom is -0.345 e. The molecule has 2 rings (SSSR count). The molecule has 0 saturated heterocycles. The van der Waals surface area contributed by atoms with Crippen LogP contribution in [0.15, 0.2) is 23.1 Å². The summed E-state index contributed by atoms with van der Waals surface area (Å²) in [5, 5.41) is 6.47. The van der Waals surface area contributed by atoms with Crippen molar-refractivity contribution in [2.75, 3.05) is 7.05 Å². The van der Waals surface area contributed by atoms with Gasteiger partial charge < -0.3 is 9.47 Å². The van der Waals surface area contributed by atoms with Gasteiger partial charge in [-0.1, -0.05) is 0 Å². The molecule has 0 aliphatic heterocycles. The molecule has 0 radical (unpaired) electrons. The van der Waals surface area contributed by atoms with Gasteiger partial charge in [0.05, 0.1) is 6.54 Å². The maximum Gasteiger partial charge on any atom is 0.270 e. The molecule has 0 saturated carbocycles. The van der Waals surface area contributed by atoms with Crippen molar-refractivity contribution in [3.8, 4) is 0 Å². The maximum absolute atomic E-state index is 12.1. The van der Waals surface area contributed by atoms with Crippen LogP contribution in [0.25, 0.3) is 0 Å². The molecule has 1 amide bonds. The lowest BCUT2D eigenvalue weighted by molar-refractivity contribution is 0.0772. The van der Waals surface area contributed by atoms with Gasteiger partial charge in [-0.15, -0.1) is 0 Å². The van der Waals surface area contributed by atoms with Gasteiger partial charge in [-0.3, -0.25) is 9.89 Å². The second-order valence-electron chi connectivity index (χ2n) is 3.75. The summed E-state index contributed by atoms with van der Waals surface area (Å²) in [4.78, 5) is 17.7. The number of halogens is 1. The van der Waals surface area contributed by atoms with Gasteiger partial charge in [0.25, 0.3) is 5.91 Å². The van der Waals surface area contributed by atoms with E-state index in [2.05, 4.69) is 31.1 Å². The van der Waals surface area contributed by atoms with Crippen LogP contribution >= 0.6 is 15.9 Å². The minimum absolute atomic E-state index is 0.0606. The van der Waals surface area contributed by atoms with E-state index in [9.17, 15) is 4.79 Å². The van der Waals surface area contributed by atoms with Crippen molar-refractivity contribution in [1.29, 1.82) is 0 Å². The Morgan fingerprint density at radius 2 is 2.41 bits per heavy atom. The number of aromatic nitrogens is 4. The average Bonchev–Trinajstić information content (AvgIpc) is 2.87. The number of hydrogen-bond donors (Lipinski definition) is 1. The molecule has 0 spiro atoms. The third-order valence-corrected chi connectivity index (χ3v) is 2.82. The molecule has 0 aliphatic carbocycles. The van der Waals surface area contributed by atoms with Gasteiger partial charge in [-0.05, 0) is 22.0 Å². The molecular formula is C10H12BrN5O. The van der Waals surface area contributed by atoms with Crippen LogP contribution in [0.5, 0.6) is 0 Å². The molecule has 0 unspecified atom stereocenters. The topological polar surface area (TPSA) is 66.8 Å². The first-order valence-corrected chi connectivity index (χ1v) is 5.79. The Morgan fingerprint density at radius 1 is 1.65 bits per heavy atom. The smallest absolute Gasteiger partial charge is 0.270 e. The van der Waals surface area contributed by atoms with Gasteiger partial charge in [0.15, 0.2) is 0 Å². The summed E-state index contributed by atoms with van der Waals surface area (Å²) < 4.78 is 2.67. The number of nitrogens with one attached hydrogen (secondary N) is 1. The molecule has 17 heavy (non-hydrogen) atoms. The Morgan fingerprint density at radius 3 is 2.94 bits per heavy atom. The lowest BCUT2D eigenvalue weighted by Gasteiger charge is -2.15. The fraction of sp³-hybridized carbons (Fsp3) is 0.300. The van der Waals surface area contributed by atoms with E-state index in [-0.39, 0.29) is 5.91 Å². The summed E-state index contributed by atoms with van der Waals surface area (Å²) in [6.07, 6.45) is 3.27. The van der Waals surface area contributed by atoms with Gasteiger partial charge in [-0.25, -0.2) is 4.98 Å². The fourth-order valence-corrected chi connectivity index (χ4v) is 2.06. The van der Waals surface area contributed by atoms with Crippen LogP contribution in [-0.4, -0.2) is 37.6 Å². The summed E-state index contributed by atoms with van der Waals surface area (Å²) in [6, 6.07) is 1.79. The number of amides is 1. The second-order valence-corrected chi connectivity index (χ2v) is 4.66. The standard InChI is InChI=1S/C10H12BrN5O/c1-15-4-7(11)3-8(15)10(17)16(2)5-9-12-6-13-14-9/h3-4,6H,5H2,1-2H3,(H,12,13,14). The molecule has 2 aromatic rings. The van der Waals surface area contributed by atoms with Crippen LogP contribution in [0.3, 0.4) is 0 Å². The predicted molar refractivity (Wildman–Crippen MR) is 65.3 cm³/mol. The molecule has 0 bridgehead atoms. The molecule has 1 N–H and O–H groups in total. The summed E-state index contributed by atoms with van der Waals surface area (Å²) in [6.45, 7) is 0.404. The van der Waals surface area contributed by atoms with Gasteiger partial charge in [0.1, 0.15) is 17.8 Å². The highest BCUT2D eigenvalue weighted by molar-refractivity contribution is 9.10. The van der Waals surface area contributed by atoms with Crippen LogP contribution in [0, 0.1) is 0 Å². The Labute approximate surface area is 107 Å². The van der Waals surface area contributed by atoms with E-state index >= 15 is 0 Å². The Kier molecular flexibility index (Phi) is 3.28. The summed E-state index contributed by atoms with van der Waals surface area (Å²) in [5.74, 6) is 0.601. The number of nitrogens with zero attached hydrogens (tertiary/aromatic N) is 4. The average molecular weight is 298 g/mol. The molecule has 2 heterocycles. The van der Waals surface area contributed by atoms with Crippen molar-refractivity contribution in [2.24, 2.45) is 7.05 Å². The van der Waals surface area contributed by atoms with Gasteiger partial charge >= 0.3 is 0 Å². The van der Waals surface area contributed by atoms with E-state index in [1.807, 2.05) is 13.2 Å². The summed E-state index contributed by atoms with van der Waals surface area (Å²) in [5.41, 5.74) is 0.624. The highest BCUT2D eigenvalue weighted by Gasteiger charge is 2.16. The van der Waals surface area contributed by atoms with Crippen molar-refractivity contribution in [3.63, 3.8) is 0 Å². The Bertz CT molecular complexity index is 519. The fourth-order valence-electron chi connectivity index (χ4n) is 1.54. The number of carbonyl (C=O) groups excluding carboxylic acids is 1. The van der Waals surface area contributed by atoms with E-state index in [4.69, 9.17) is 0 Å². The van der Waals surface area contributed by atoms with Crippen LogP contribution in [0.4, 0.5) is 0 Å². The van der Waals surface area contributed by atoms with E-state index in [1.165, 1.54) is 6.33 Å². The molecule has 90 valence electrons. The van der Waals surface area contributed by atoms with E-state index in [1.54, 1.807) is 22.6 Å². The van der Waals surface area contributed by atoms with E-state index < -0.39 is 0 Å². The Hall–Kier alpha value is -1.63. The number of aryl methyl sites for hydroxylation is 1. The molecule has 6 nitrogen and oxygen atoms in total. The lowest BCUT2D eigenvalue weighted by Crippen LogP contribution is -2.28. The second kappa shape index (κ2) is 4.70. The first-order chi connectivity index (χ1) is 8.08. The lowest BCUT2D eigenvalue weighted by atomic mass is 10.3. The van der Waals surface area contributed by atoms with Gasteiger partial charge in [-0.2, -0.15) is 5.10 Å². The van der Waals surface area contributed by atoms with Crippen molar-refractivity contribution in [1.82, 2.24) is 24.6 Å². The highest BCUT2D eigenvalue weighted by atomic mass is 79.9. The number of H-pyrrole nitrogens is 1. The van der Waals surface area contributed by atoms with Crippen LogP contribution in [-0.2, 0) is 13.6 Å². The number of carbonyl (C=O) groups is 1. The zero-order valence-corrected chi connectivity index (χ0v) is 11.1. The predicted octanol–water partition coefficient (Wildman–Crippen LogP) is 1.18. The highest BCUT2D eigenvalue weighted by Crippen LogP contribution is 2.15. The first-order valence-electron chi connectivity index (χ1n) is 4.99. The number of rotatable bonds is 3. The normalized spacial score (nSPS) is 10.5. The molecular weight excluding hydrogens is 286 g/mol. The molecule has 7 heteroatoms. The van der Waals surface area contributed by atoms with Gasteiger partial charge in [0, 0.05) is 24.8 Å². The molecule has 0 atom stereocenters. The maximum atomic E-state index is 12.1. The molecule has 0 aliphatic rings. The van der Waals surface area contributed by atoms with E-state index in [0.29, 0.717) is 18.1 Å². The van der Waals surface area contributed by atoms with E-state index in [0.717, 1.165) is 4.47 Å². The van der Waals surface area contributed by atoms with Crippen LogP contribution in [0.2, 0.25) is 0 Å². The van der Waals surface area contributed by atoms with Crippen molar-refractivity contribution < 1.29 is 4.79 Å². The summed E-state index contributed by atoms with van der Waals surface area (Å²) in [7, 11) is 3.56. The number of hydrogen-bond acceptors (Lipinski definition) is 3. The number of aromatic amines is 1. The molecule has 0 aromatic carbocycles. The van der Waals surface area contributed by atoms with Crippen LogP contribution in [0.1, 0.15) is 16.3 Å². The zero-order chi connectivity index (χ0) is 12.4. The quantitative estimate of drug-likeness (QED) is 0.925.